The molecule has 0 aliphatic heterocycles. The van der Waals surface area contributed by atoms with Gasteiger partial charge in [-0.25, -0.2) is 4.98 Å². The lowest BCUT2D eigenvalue weighted by molar-refractivity contribution is -0.114. The van der Waals surface area contributed by atoms with Crippen LogP contribution in [0.2, 0.25) is 0 Å². The molecular weight excluding hydrogens is 569 g/mol. The highest BCUT2D eigenvalue weighted by Gasteiger charge is 2.16. The molecule has 3 amide bonds. The van der Waals surface area contributed by atoms with Gasteiger partial charge in [0.25, 0.3) is 11.8 Å². The zero-order valence-corrected chi connectivity index (χ0v) is 24.1. The second kappa shape index (κ2) is 13.6. The first-order valence-corrected chi connectivity index (χ1v) is 14.7. The van der Waals surface area contributed by atoms with Crippen LogP contribution in [0.4, 0.5) is 10.8 Å². The maximum atomic E-state index is 13.4. The molecule has 8 nitrogen and oxygen atoms in total. The number of ether oxygens (including phenoxy) is 1. The highest BCUT2D eigenvalue weighted by atomic mass is 32.2. The van der Waals surface area contributed by atoms with E-state index in [1.54, 1.807) is 79.9 Å². The summed E-state index contributed by atoms with van der Waals surface area (Å²) in [5, 5.41) is 8.99. The first kappa shape index (κ1) is 28.6. The third-order valence-electron chi connectivity index (χ3n) is 5.96. The summed E-state index contributed by atoms with van der Waals surface area (Å²) in [5.74, 6) is -0.237. The predicted octanol–water partition coefficient (Wildman–Crippen LogP) is 6.45. The van der Waals surface area contributed by atoms with Crippen LogP contribution in [0, 0.1) is 0 Å². The Balaban J connectivity index is 1.25. The van der Waals surface area contributed by atoms with Crippen molar-refractivity contribution in [2.75, 3.05) is 23.5 Å². The molecular formula is C32H26N4O4S2. The molecule has 0 aliphatic rings. The lowest BCUT2D eigenvalue weighted by atomic mass is 10.1. The van der Waals surface area contributed by atoms with Crippen LogP contribution in [0.15, 0.2) is 114 Å². The molecule has 5 aromatic rings. The number of benzene rings is 4. The Kier molecular flexibility index (Phi) is 9.27. The first-order valence-electron chi connectivity index (χ1n) is 12.9. The summed E-state index contributed by atoms with van der Waals surface area (Å²) in [5.41, 5.74) is 2.56. The first-order chi connectivity index (χ1) is 20.5. The molecule has 0 bridgehead atoms. The number of hydrogen-bond donors (Lipinski definition) is 3. The lowest BCUT2D eigenvalue weighted by Crippen LogP contribution is -2.30. The molecule has 3 N–H and O–H groups in total. The zero-order valence-electron chi connectivity index (χ0n) is 22.5. The van der Waals surface area contributed by atoms with Crippen molar-refractivity contribution in [1.82, 2.24) is 10.3 Å². The number of hydrogen-bond acceptors (Lipinski definition) is 7. The van der Waals surface area contributed by atoms with E-state index in [0.29, 0.717) is 27.7 Å². The Morgan fingerprint density at radius 3 is 2.40 bits per heavy atom. The van der Waals surface area contributed by atoms with Crippen LogP contribution < -0.4 is 20.7 Å². The van der Waals surface area contributed by atoms with Gasteiger partial charge in [0.05, 0.1) is 23.1 Å². The Morgan fingerprint density at radius 1 is 0.881 bits per heavy atom. The molecule has 10 heteroatoms. The van der Waals surface area contributed by atoms with Crippen molar-refractivity contribution in [2.24, 2.45) is 0 Å². The molecule has 42 heavy (non-hydrogen) atoms. The number of fused-ring (bicyclic) bond motifs is 1. The Labute approximate surface area is 250 Å². The van der Waals surface area contributed by atoms with E-state index in [2.05, 4.69) is 20.9 Å². The number of para-hydroxylation sites is 1. The fourth-order valence-corrected chi connectivity index (χ4v) is 5.54. The van der Waals surface area contributed by atoms with Gasteiger partial charge in [0.1, 0.15) is 11.4 Å². The second-order valence-electron chi connectivity index (χ2n) is 8.96. The standard InChI is InChI=1S/C32H26N4O4S2/c1-40-24-16-14-21(15-17-24)18-27(34-30(38)22-8-3-2-4-9-22)31(39)33-23-10-7-11-25(19-23)41-20-29(37)36-32-35-26-12-5-6-13-28(26)42-32/h2-19H,20H2,1H3,(H,33,39)(H,34,38)(H,35,36,37)/b27-18+. The van der Waals surface area contributed by atoms with E-state index in [4.69, 9.17) is 4.74 Å². The number of anilines is 2. The van der Waals surface area contributed by atoms with E-state index in [1.807, 2.05) is 36.4 Å². The monoisotopic (exact) mass is 594 g/mol. The number of amides is 3. The average molecular weight is 595 g/mol. The summed E-state index contributed by atoms with van der Waals surface area (Å²) in [6.07, 6.45) is 1.60. The zero-order chi connectivity index (χ0) is 29.3. The minimum atomic E-state index is -0.495. The van der Waals surface area contributed by atoms with Crippen LogP contribution in [-0.2, 0) is 9.59 Å². The lowest BCUT2D eigenvalue weighted by Gasteiger charge is -2.12. The molecule has 210 valence electrons. The van der Waals surface area contributed by atoms with Crippen LogP contribution in [0.25, 0.3) is 16.3 Å². The molecule has 0 radical (unpaired) electrons. The van der Waals surface area contributed by atoms with Gasteiger partial charge in [0.15, 0.2) is 5.13 Å². The van der Waals surface area contributed by atoms with Gasteiger partial charge in [-0.05, 0) is 66.2 Å². The van der Waals surface area contributed by atoms with Gasteiger partial charge in [-0.2, -0.15) is 0 Å². The molecule has 5 rings (SSSR count). The number of nitrogens with zero attached hydrogens (tertiary/aromatic N) is 1. The molecule has 1 aromatic heterocycles. The number of thioether (sulfide) groups is 1. The van der Waals surface area contributed by atoms with Crippen LogP contribution >= 0.6 is 23.1 Å². The summed E-state index contributed by atoms with van der Waals surface area (Å²) >= 11 is 2.76. The van der Waals surface area contributed by atoms with E-state index < -0.39 is 11.8 Å². The van der Waals surface area contributed by atoms with Crippen molar-refractivity contribution >= 4 is 67.9 Å². The number of aromatic nitrogens is 1. The second-order valence-corrected chi connectivity index (χ2v) is 11.0. The molecule has 1 heterocycles. The minimum Gasteiger partial charge on any atom is -0.497 e. The van der Waals surface area contributed by atoms with Crippen molar-refractivity contribution in [2.45, 2.75) is 4.90 Å². The van der Waals surface area contributed by atoms with Gasteiger partial charge in [-0.3, -0.25) is 14.4 Å². The van der Waals surface area contributed by atoms with Crippen molar-refractivity contribution in [3.8, 4) is 5.75 Å². The van der Waals surface area contributed by atoms with Gasteiger partial charge in [0.2, 0.25) is 5.91 Å². The number of methoxy groups -OCH3 is 1. The van der Waals surface area contributed by atoms with Crippen molar-refractivity contribution < 1.29 is 19.1 Å². The molecule has 0 atom stereocenters. The summed E-state index contributed by atoms with van der Waals surface area (Å²) < 4.78 is 6.22. The van der Waals surface area contributed by atoms with Crippen molar-refractivity contribution in [3.05, 3.63) is 120 Å². The predicted molar refractivity (Wildman–Crippen MR) is 169 cm³/mol. The Hall–Kier alpha value is -4.93. The average Bonchev–Trinajstić information content (AvgIpc) is 3.43. The molecule has 0 aliphatic carbocycles. The van der Waals surface area contributed by atoms with E-state index in [-0.39, 0.29) is 17.4 Å². The number of nitrogens with one attached hydrogen (secondary N) is 3. The number of carbonyl (C=O) groups is 3. The summed E-state index contributed by atoms with van der Waals surface area (Å²) in [7, 11) is 1.57. The van der Waals surface area contributed by atoms with Gasteiger partial charge in [-0.15, -0.1) is 11.8 Å². The van der Waals surface area contributed by atoms with Crippen LogP contribution in [0.3, 0.4) is 0 Å². The van der Waals surface area contributed by atoms with Crippen LogP contribution in [0.5, 0.6) is 5.75 Å². The van der Waals surface area contributed by atoms with E-state index in [0.717, 1.165) is 15.1 Å². The Bertz CT molecular complexity index is 1720. The molecule has 0 unspecified atom stereocenters. The SMILES string of the molecule is COc1ccc(/C=C(/NC(=O)c2ccccc2)C(=O)Nc2cccc(SCC(=O)Nc3nc4ccccc4s3)c2)cc1. The quantitative estimate of drug-likeness (QED) is 0.127. The molecule has 0 spiro atoms. The van der Waals surface area contributed by atoms with Gasteiger partial charge in [0, 0.05) is 16.1 Å². The topological polar surface area (TPSA) is 109 Å². The molecule has 0 fully saturated rings. The van der Waals surface area contributed by atoms with Crippen LogP contribution in [0.1, 0.15) is 15.9 Å². The third-order valence-corrected chi connectivity index (χ3v) is 7.90. The maximum Gasteiger partial charge on any atom is 0.272 e. The van der Waals surface area contributed by atoms with E-state index in [9.17, 15) is 14.4 Å². The normalized spacial score (nSPS) is 11.1. The molecule has 0 saturated heterocycles. The van der Waals surface area contributed by atoms with Gasteiger partial charge >= 0.3 is 0 Å². The largest absolute Gasteiger partial charge is 0.497 e. The smallest absolute Gasteiger partial charge is 0.272 e. The highest BCUT2D eigenvalue weighted by Crippen LogP contribution is 2.27. The summed E-state index contributed by atoms with van der Waals surface area (Å²) in [6, 6.07) is 30.7. The van der Waals surface area contributed by atoms with E-state index >= 15 is 0 Å². The third kappa shape index (κ3) is 7.62. The van der Waals surface area contributed by atoms with Crippen LogP contribution in [-0.4, -0.2) is 35.6 Å². The Morgan fingerprint density at radius 2 is 1.64 bits per heavy atom. The fraction of sp³-hybridized carbons (Fsp3) is 0.0625. The number of carbonyl (C=O) groups excluding carboxylic acids is 3. The summed E-state index contributed by atoms with van der Waals surface area (Å²) in [6.45, 7) is 0. The van der Waals surface area contributed by atoms with Crippen molar-refractivity contribution in [3.63, 3.8) is 0 Å². The van der Waals surface area contributed by atoms with Gasteiger partial charge in [-0.1, -0.05) is 59.9 Å². The fourth-order valence-electron chi connectivity index (χ4n) is 3.90. The minimum absolute atomic E-state index is 0.0716. The molecule has 0 saturated carbocycles. The van der Waals surface area contributed by atoms with Gasteiger partial charge < -0.3 is 20.7 Å². The van der Waals surface area contributed by atoms with E-state index in [1.165, 1.54) is 23.1 Å². The highest BCUT2D eigenvalue weighted by molar-refractivity contribution is 8.00. The number of rotatable bonds is 10. The summed E-state index contributed by atoms with van der Waals surface area (Å²) in [4.78, 5) is 44.0. The maximum absolute atomic E-state index is 13.4. The van der Waals surface area contributed by atoms with Crippen molar-refractivity contribution in [1.29, 1.82) is 0 Å². The number of thiazole rings is 1. The molecule has 4 aromatic carbocycles.